The first-order chi connectivity index (χ1) is 12.1. The molecule has 3 aromatic rings. The molecule has 0 bridgehead atoms. The van der Waals surface area contributed by atoms with Crippen LogP contribution in [0.4, 0.5) is 0 Å². The molecule has 4 rings (SSSR count). The second-order valence-corrected chi connectivity index (χ2v) is 6.61. The first-order valence-electron chi connectivity index (χ1n) is 8.20. The van der Waals surface area contributed by atoms with E-state index < -0.39 is 0 Å². The van der Waals surface area contributed by atoms with E-state index in [1.807, 2.05) is 31.2 Å². The van der Waals surface area contributed by atoms with E-state index >= 15 is 0 Å². The minimum absolute atomic E-state index is 0.0313. The van der Waals surface area contributed by atoms with E-state index in [0.717, 1.165) is 18.5 Å². The molecule has 126 valence electrons. The van der Waals surface area contributed by atoms with Crippen molar-refractivity contribution in [1.82, 2.24) is 20.3 Å². The Morgan fingerprint density at radius 3 is 2.76 bits per heavy atom. The molecule has 1 aliphatic rings. The average Bonchev–Trinajstić information content (AvgIpc) is 3.20. The highest BCUT2D eigenvalue weighted by Gasteiger charge is 2.26. The molecule has 6 heteroatoms. The minimum Gasteiger partial charge on any atom is -0.344 e. The van der Waals surface area contributed by atoms with Gasteiger partial charge in [0.2, 0.25) is 0 Å². The van der Waals surface area contributed by atoms with Crippen LogP contribution in [0.3, 0.4) is 0 Å². The van der Waals surface area contributed by atoms with Gasteiger partial charge in [0.25, 0.3) is 5.91 Å². The van der Waals surface area contributed by atoms with Gasteiger partial charge in [-0.05, 0) is 55.2 Å². The van der Waals surface area contributed by atoms with Crippen molar-refractivity contribution in [3.05, 3.63) is 76.1 Å². The molecular weight excluding hydrogens is 336 g/mol. The smallest absolute Gasteiger partial charge is 0.274 e. The Morgan fingerprint density at radius 1 is 1.20 bits per heavy atom. The monoisotopic (exact) mass is 352 g/mol. The Morgan fingerprint density at radius 2 is 1.96 bits per heavy atom. The Bertz CT molecular complexity index is 933. The predicted octanol–water partition coefficient (Wildman–Crippen LogP) is 3.65. The number of benzene rings is 2. The highest BCUT2D eigenvalue weighted by Crippen LogP contribution is 2.31. The number of carbonyl (C=O) groups excluding carboxylic acids is 1. The van der Waals surface area contributed by atoms with Crippen LogP contribution < -0.4 is 5.32 Å². The molecule has 1 amide bonds. The van der Waals surface area contributed by atoms with Gasteiger partial charge in [0.05, 0.1) is 17.4 Å². The van der Waals surface area contributed by atoms with Crippen LogP contribution in [0.5, 0.6) is 0 Å². The summed E-state index contributed by atoms with van der Waals surface area (Å²) in [5, 5.41) is 11.9. The topological polar surface area (TPSA) is 59.8 Å². The van der Waals surface area contributed by atoms with Crippen molar-refractivity contribution in [1.29, 1.82) is 0 Å². The van der Waals surface area contributed by atoms with E-state index in [2.05, 4.69) is 27.8 Å². The third kappa shape index (κ3) is 2.91. The number of fused-ring (bicyclic) bond motifs is 1. The number of nitrogens with one attached hydrogen (secondary N) is 1. The highest BCUT2D eigenvalue weighted by atomic mass is 35.5. The quantitative estimate of drug-likeness (QED) is 0.782. The van der Waals surface area contributed by atoms with Crippen LogP contribution in [-0.2, 0) is 6.42 Å². The molecule has 1 N–H and O–H groups in total. The number of halogens is 1. The molecule has 0 saturated heterocycles. The first-order valence-corrected chi connectivity index (χ1v) is 8.58. The molecule has 0 fully saturated rings. The van der Waals surface area contributed by atoms with Gasteiger partial charge >= 0.3 is 0 Å². The van der Waals surface area contributed by atoms with Crippen molar-refractivity contribution in [3.8, 4) is 5.69 Å². The number of rotatable bonds is 3. The lowest BCUT2D eigenvalue weighted by Crippen LogP contribution is -2.28. The molecule has 25 heavy (non-hydrogen) atoms. The van der Waals surface area contributed by atoms with Crippen molar-refractivity contribution in [3.63, 3.8) is 0 Å². The standard InChI is InChI=1S/C19H17ClN4O/c1-12-18(22-23-24(12)15-9-7-14(20)8-10-15)19(25)21-17-11-6-13-4-2-3-5-16(13)17/h2-5,7-10,17H,6,11H2,1H3,(H,21,25). The number of amides is 1. The Hall–Kier alpha value is -2.66. The zero-order chi connectivity index (χ0) is 17.4. The van der Waals surface area contributed by atoms with Crippen LogP contribution >= 0.6 is 11.6 Å². The van der Waals surface area contributed by atoms with Gasteiger partial charge in [-0.15, -0.1) is 5.10 Å². The molecule has 1 aromatic heterocycles. The molecule has 0 saturated carbocycles. The van der Waals surface area contributed by atoms with Gasteiger partial charge < -0.3 is 5.32 Å². The molecule has 1 aliphatic carbocycles. The zero-order valence-corrected chi connectivity index (χ0v) is 14.5. The summed E-state index contributed by atoms with van der Waals surface area (Å²) in [7, 11) is 0. The van der Waals surface area contributed by atoms with Gasteiger partial charge in [-0.3, -0.25) is 4.79 Å². The normalized spacial score (nSPS) is 15.8. The summed E-state index contributed by atoms with van der Waals surface area (Å²) in [6, 6.07) is 15.5. The summed E-state index contributed by atoms with van der Waals surface area (Å²) >= 11 is 5.92. The lowest BCUT2D eigenvalue weighted by Gasteiger charge is -2.13. The predicted molar refractivity (Wildman–Crippen MR) is 96.1 cm³/mol. The summed E-state index contributed by atoms with van der Waals surface area (Å²) in [5.74, 6) is -0.195. The van der Waals surface area contributed by atoms with Gasteiger partial charge in [0.15, 0.2) is 5.69 Å². The number of aryl methyl sites for hydroxylation is 1. The van der Waals surface area contributed by atoms with Crippen LogP contribution in [0.1, 0.15) is 39.8 Å². The van der Waals surface area contributed by atoms with Crippen molar-refractivity contribution in [2.45, 2.75) is 25.8 Å². The molecule has 1 atom stereocenters. The van der Waals surface area contributed by atoms with E-state index in [0.29, 0.717) is 16.4 Å². The molecule has 1 unspecified atom stereocenters. The summed E-state index contributed by atoms with van der Waals surface area (Å²) in [4.78, 5) is 12.7. The second-order valence-electron chi connectivity index (χ2n) is 6.18. The van der Waals surface area contributed by atoms with Crippen LogP contribution in [0.25, 0.3) is 5.69 Å². The summed E-state index contributed by atoms with van der Waals surface area (Å²) in [6.07, 6.45) is 1.90. The highest BCUT2D eigenvalue weighted by molar-refractivity contribution is 6.30. The maximum Gasteiger partial charge on any atom is 0.274 e. The molecule has 1 heterocycles. The number of carbonyl (C=O) groups is 1. The van der Waals surface area contributed by atoms with E-state index in [4.69, 9.17) is 11.6 Å². The van der Waals surface area contributed by atoms with Crippen molar-refractivity contribution in [2.24, 2.45) is 0 Å². The van der Waals surface area contributed by atoms with Crippen molar-refractivity contribution < 1.29 is 4.79 Å². The summed E-state index contributed by atoms with van der Waals surface area (Å²) < 4.78 is 1.65. The van der Waals surface area contributed by atoms with Crippen LogP contribution in [0, 0.1) is 6.92 Å². The lowest BCUT2D eigenvalue weighted by molar-refractivity contribution is 0.0931. The van der Waals surface area contributed by atoms with Crippen molar-refractivity contribution >= 4 is 17.5 Å². The van der Waals surface area contributed by atoms with Gasteiger partial charge in [-0.25, -0.2) is 4.68 Å². The SMILES string of the molecule is Cc1c(C(=O)NC2CCc3ccccc32)nnn1-c1ccc(Cl)cc1. The van der Waals surface area contributed by atoms with E-state index in [9.17, 15) is 4.79 Å². The molecule has 0 spiro atoms. The second kappa shape index (κ2) is 6.33. The average molecular weight is 353 g/mol. The Kier molecular flexibility index (Phi) is 4.01. The van der Waals surface area contributed by atoms with Crippen LogP contribution in [0.15, 0.2) is 48.5 Å². The first kappa shape index (κ1) is 15.8. The molecule has 5 nitrogen and oxygen atoms in total. The summed E-state index contributed by atoms with van der Waals surface area (Å²) in [6.45, 7) is 1.84. The third-order valence-corrected chi connectivity index (χ3v) is 4.87. The largest absolute Gasteiger partial charge is 0.344 e. The van der Waals surface area contributed by atoms with Gasteiger partial charge in [-0.2, -0.15) is 0 Å². The number of hydrogen-bond acceptors (Lipinski definition) is 3. The minimum atomic E-state index is -0.195. The Balaban J connectivity index is 1.57. The van der Waals surface area contributed by atoms with Crippen molar-refractivity contribution in [2.75, 3.05) is 0 Å². The maximum absolute atomic E-state index is 12.7. The Labute approximate surface area is 150 Å². The molecule has 0 radical (unpaired) electrons. The lowest BCUT2D eigenvalue weighted by atomic mass is 10.1. The van der Waals surface area contributed by atoms with Crippen LogP contribution in [-0.4, -0.2) is 20.9 Å². The number of aromatic nitrogens is 3. The number of hydrogen-bond donors (Lipinski definition) is 1. The fourth-order valence-corrected chi connectivity index (χ4v) is 3.43. The summed E-state index contributed by atoms with van der Waals surface area (Å²) in [5.41, 5.74) is 4.36. The zero-order valence-electron chi connectivity index (χ0n) is 13.7. The molecule has 0 aliphatic heterocycles. The van der Waals surface area contributed by atoms with Gasteiger partial charge in [0, 0.05) is 5.02 Å². The fraction of sp³-hybridized carbons (Fsp3) is 0.211. The fourth-order valence-electron chi connectivity index (χ4n) is 3.30. The molecule has 2 aromatic carbocycles. The van der Waals surface area contributed by atoms with E-state index in [-0.39, 0.29) is 11.9 Å². The number of nitrogens with zero attached hydrogens (tertiary/aromatic N) is 3. The van der Waals surface area contributed by atoms with E-state index in [1.165, 1.54) is 11.1 Å². The van der Waals surface area contributed by atoms with Gasteiger partial charge in [-0.1, -0.05) is 41.1 Å². The maximum atomic E-state index is 12.7. The molecular formula is C19H17ClN4O. The van der Waals surface area contributed by atoms with Crippen LogP contribution in [0.2, 0.25) is 5.02 Å². The van der Waals surface area contributed by atoms with Gasteiger partial charge in [0.1, 0.15) is 0 Å². The van der Waals surface area contributed by atoms with E-state index in [1.54, 1.807) is 16.8 Å². The third-order valence-electron chi connectivity index (χ3n) is 4.62.